The van der Waals surface area contributed by atoms with Crippen molar-refractivity contribution in [3.8, 4) is 11.5 Å². The standard InChI is InChI=1S/C9H10N2O3S/c1-10-11-9(14-5-15)6-2-7(12)4-8(13)3-6/h2-5,10,12-13H,1H3/b11-9-. The molecule has 3 N–H and O–H groups in total. The Balaban J connectivity index is 3.10. The van der Waals surface area contributed by atoms with Crippen LogP contribution in [-0.4, -0.2) is 28.7 Å². The van der Waals surface area contributed by atoms with Gasteiger partial charge in [0.05, 0.1) is 0 Å². The summed E-state index contributed by atoms with van der Waals surface area (Å²) in [6.07, 6.45) is 0. The van der Waals surface area contributed by atoms with Crippen molar-refractivity contribution < 1.29 is 14.9 Å². The number of rotatable bonds is 3. The maximum absolute atomic E-state index is 9.25. The Morgan fingerprint density at radius 2 is 2.00 bits per heavy atom. The van der Waals surface area contributed by atoms with Gasteiger partial charge in [-0.3, -0.25) is 0 Å². The number of phenols is 2. The smallest absolute Gasteiger partial charge is 0.243 e. The molecule has 1 aromatic carbocycles. The zero-order valence-electron chi connectivity index (χ0n) is 7.97. The SMILES string of the molecule is CN/N=C(\OC=S)c1cc(O)cc(O)c1. The first kappa shape index (κ1) is 11.3. The van der Waals surface area contributed by atoms with Gasteiger partial charge in [0.15, 0.2) is 5.55 Å². The first-order chi connectivity index (χ1) is 7.17. The molecule has 0 bridgehead atoms. The molecule has 0 saturated heterocycles. The van der Waals surface area contributed by atoms with Gasteiger partial charge in [-0.25, -0.2) is 0 Å². The molecule has 0 unspecified atom stereocenters. The van der Waals surface area contributed by atoms with E-state index in [1.807, 2.05) is 0 Å². The van der Waals surface area contributed by atoms with Crippen LogP contribution in [0.1, 0.15) is 5.56 Å². The maximum Gasteiger partial charge on any atom is 0.243 e. The van der Waals surface area contributed by atoms with E-state index in [1.165, 1.54) is 18.2 Å². The van der Waals surface area contributed by atoms with Crippen molar-refractivity contribution in [2.24, 2.45) is 5.10 Å². The lowest BCUT2D eigenvalue weighted by Gasteiger charge is -2.05. The summed E-state index contributed by atoms with van der Waals surface area (Å²) in [4.78, 5) is 0. The Morgan fingerprint density at radius 1 is 1.40 bits per heavy atom. The fourth-order valence-electron chi connectivity index (χ4n) is 1.02. The van der Waals surface area contributed by atoms with Crippen LogP contribution in [0.5, 0.6) is 11.5 Å². The van der Waals surface area contributed by atoms with Crippen molar-refractivity contribution in [3.63, 3.8) is 0 Å². The number of hydrogen-bond donors (Lipinski definition) is 3. The first-order valence-corrected chi connectivity index (χ1v) is 4.52. The second-order valence-electron chi connectivity index (χ2n) is 2.59. The van der Waals surface area contributed by atoms with Crippen LogP contribution in [0, 0.1) is 0 Å². The molecule has 1 aromatic rings. The van der Waals surface area contributed by atoms with E-state index >= 15 is 0 Å². The number of nitrogens with zero attached hydrogens (tertiary/aromatic N) is 1. The third-order valence-electron chi connectivity index (χ3n) is 1.52. The van der Waals surface area contributed by atoms with Gasteiger partial charge in [0, 0.05) is 18.7 Å². The van der Waals surface area contributed by atoms with E-state index in [-0.39, 0.29) is 17.4 Å². The molecule has 0 amide bonds. The molecule has 1 rings (SSSR count). The molecule has 6 heteroatoms. The minimum absolute atomic E-state index is 0.0817. The van der Waals surface area contributed by atoms with E-state index in [2.05, 4.69) is 22.7 Å². The van der Waals surface area contributed by atoms with Gasteiger partial charge >= 0.3 is 0 Å². The van der Waals surface area contributed by atoms with Gasteiger partial charge in [0.25, 0.3) is 0 Å². The summed E-state index contributed by atoms with van der Waals surface area (Å²) in [6, 6.07) is 4.00. The predicted molar refractivity (Wildman–Crippen MR) is 60.1 cm³/mol. The van der Waals surface area contributed by atoms with Crippen LogP contribution in [-0.2, 0) is 4.74 Å². The molecule has 0 radical (unpaired) electrons. The fraction of sp³-hybridized carbons (Fsp3) is 0.111. The van der Waals surface area contributed by atoms with Gasteiger partial charge in [0.1, 0.15) is 11.5 Å². The molecule has 0 spiro atoms. The Hall–Kier alpha value is -1.82. The van der Waals surface area contributed by atoms with Gasteiger partial charge in [0.2, 0.25) is 5.90 Å². The number of hydrogen-bond acceptors (Lipinski definition) is 6. The first-order valence-electron chi connectivity index (χ1n) is 4.05. The summed E-state index contributed by atoms with van der Waals surface area (Å²) in [5.41, 5.74) is 3.98. The topological polar surface area (TPSA) is 74.1 Å². The highest BCUT2D eigenvalue weighted by Crippen LogP contribution is 2.20. The van der Waals surface area contributed by atoms with E-state index in [0.29, 0.717) is 5.56 Å². The molecule has 0 aliphatic heterocycles. The van der Waals surface area contributed by atoms with Crippen molar-refractivity contribution >= 4 is 23.7 Å². The molecule has 0 saturated carbocycles. The normalized spacial score (nSPS) is 10.9. The van der Waals surface area contributed by atoms with Crippen LogP contribution in [0.4, 0.5) is 0 Å². The minimum Gasteiger partial charge on any atom is -0.508 e. The van der Waals surface area contributed by atoms with Crippen LogP contribution >= 0.6 is 12.2 Å². The molecule has 0 heterocycles. The van der Waals surface area contributed by atoms with Crippen LogP contribution in [0.15, 0.2) is 23.3 Å². The summed E-state index contributed by atoms with van der Waals surface area (Å²) >= 11 is 4.53. The highest BCUT2D eigenvalue weighted by Gasteiger charge is 2.07. The molecular formula is C9H10N2O3S. The second-order valence-corrected chi connectivity index (χ2v) is 2.79. The lowest BCUT2D eigenvalue weighted by atomic mass is 10.2. The van der Waals surface area contributed by atoms with Crippen LogP contribution in [0.25, 0.3) is 0 Å². The van der Waals surface area contributed by atoms with Crippen molar-refractivity contribution in [3.05, 3.63) is 23.8 Å². The van der Waals surface area contributed by atoms with Gasteiger partial charge in [-0.1, -0.05) is 0 Å². The van der Waals surface area contributed by atoms with Crippen molar-refractivity contribution in [1.82, 2.24) is 5.43 Å². The fourth-order valence-corrected chi connectivity index (χ4v) is 1.12. The Kier molecular flexibility index (Phi) is 3.87. The van der Waals surface area contributed by atoms with Gasteiger partial charge in [-0.2, -0.15) is 0 Å². The predicted octanol–water partition coefficient (Wildman–Crippen LogP) is 0.953. The lowest BCUT2D eigenvalue weighted by Crippen LogP contribution is -2.10. The maximum atomic E-state index is 9.25. The molecule has 15 heavy (non-hydrogen) atoms. The molecule has 0 fully saturated rings. The van der Waals surface area contributed by atoms with Crippen molar-refractivity contribution in [2.45, 2.75) is 0 Å². The van der Waals surface area contributed by atoms with Crippen molar-refractivity contribution in [1.29, 1.82) is 0 Å². The molecule has 0 atom stereocenters. The number of thiocarbonyl (C=S) groups is 1. The molecule has 0 aliphatic rings. The second kappa shape index (κ2) is 5.16. The number of nitrogens with one attached hydrogen (secondary N) is 1. The third-order valence-corrected chi connectivity index (χ3v) is 1.62. The summed E-state index contributed by atoms with van der Waals surface area (Å²) in [5, 5.41) is 22.3. The molecular weight excluding hydrogens is 216 g/mol. The zero-order valence-corrected chi connectivity index (χ0v) is 8.78. The summed E-state index contributed by atoms with van der Waals surface area (Å²) in [7, 11) is 1.59. The van der Waals surface area contributed by atoms with E-state index in [9.17, 15) is 10.2 Å². The highest BCUT2D eigenvalue weighted by molar-refractivity contribution is 7.78. The van der Waals surface area contributed by atoms with E-state index < -0.39 is 0 Å². The molecule has 0 aliphatic carbocycles. The van der Waals surface area contributed by atoms with Gasteiger partial charge in [-0.05, 0) is 24.4 Å². The Labute approximate surface area is 92.0 Å². The zero-order chi connectivity index (χ0) is 11.3. The largest absolute Gasteiger partial charge is 0.508 e. The van der Waals surface area contributed by atoms with Crippen LogP contribution in [0.2, 0.25) is 0 Å². The van der Waals surface area contributed by atoms with Gasteiger partial charge in [-0.15, -0.1) is 5.10 Å². The molecule has 80 valence electrons. The monoisotopic (exact) mass is 226 g/mol. The number of aromatic hydroxyl groups is 2. The molecule has 5 nitrogen and oxygen atoms in total. The quantitative estimate of drug-likeness (QED) is 0.310. The van der Waals surface area contributed by atoms with E-state index in [0.717, 1.165) is 5.55 Å². The average molecular weight is 226 g/mol. The minimum atomic E-state index is -0.0817. The third kappa shape index (κ3) is 3.10. The van der Waals surface area contributed by atoms with Gasteiger partial charge < -0.3 is 20.4 Å². The summed E-state index contributed by atoms with van der Waals surface area (Å²) in [6.45, 7) is 0. The van der Waals surface area contributed by atoms with Crippen LogP contribution < -0.4 is 5.43 Å². The summed E-state index contributed by atoms with van der Waals surface area (Å²) in [5.74, 6) is 0.00208. The van der Waals surface area contributed by atoms with E-state index in [4.69, 9.17) is 4.74 Å². The lowest BCUT2D eigenvalue weighted by molar-refractivity contribution is 0.449. The van der Waals surface area contributed by atoms with E-state index in [1.54, 1.807) is 7.05 Å². The molecule has 0 aromatic heterocycles. The number of ether oxygens (including phenoxy) is 1. The highest BCUT2D eigenvalue weighted by atomic mass is 32.1. The number of benzene rings is 1. The average Bonchev–Trinajstić information content (AvgIpc) is 2.16. The Bertz CT molecular complexity index is 373. The Morgan fingerprint density at radius 3 is 2.47 bits per heavy atom. The number of hydrazone groups is 1. The number of phenolic OH excluding ortho intramolecular Hbond substituents is 2. The van der Waals surface area contributed by atoms with Crippen LogP contribution in [0.3, 0.4) is 0 Å². The van der Waals surface area contributed by atoms with Crippen molar-refractivity contribution in [2.75, 3.05) is 7.05 Å². The summed E-state index contributed by atoms with van der Waals surface area (Å²) < 4.78 is 4.93.